The largest absolute Gasteiger partial charge is 0.491 e. The van der Waals surface area contributed by atoms with Gasteiger partial charge in [-0.25, -0.2) is 0 Å². The zero-order valence-electron chi connectivity index (χ0n) is 16.8. The van der Waals surface area contributed by atoms with Crippen molar-refractivity contribution in [3.63, 3.8) is 0 Å². The molecule has 0 unspecified atom stereocenters. The summed E-state index contributed by atoms with van der Waals surface area (Å²) < 4.78 is 7.54. The van der Waals surface area contributed by atoms with Crippen molar-refractivity contribution in [3.8, 4) is 28.9 Å². The Hall–Kier alpha value is -3.38. The molecule has 0 spiro atoms. The average Bonchev–Trinajstić information content (AvgIpc) is 3.27. The van der Waals surface area contributed by atoms with E-state index in [-0.39, 0.29) is 6.61 Å². The van der Waals surface area contributed by atoms with Crippen LogP contribution in [0.5, 0.6) is 5.75 Å². The van der Waals surface area contributed by atoms with E-state index < -0.39 is 6.10 Å². The van der Waals surface area contributed by atoms with Crippen LogP contribution < -0.4 is 4.74 Å². The summed E-state index contributed by atoms with van der Waals surface area (Å²) in [5.41, 5.74) is 2.29. The third kappa shape index (κ3) is 5.26. The van der Waals surface area contributed by atoms with Crippen LogP contribution in [0.2, 0.25) is 5.02 Å². The van der Waals surface area contributed by atoms with Gasteiger partial charge in [0, 0.05) is 34.4 Å². The molecule has 9 heteroatoms. The van der Waals surface area contributed by atoms with Crippen molar-refractivity contribution in [2.75, 3.05) is 12.4 Å². The third-order valence-corrected chi connectivity index (χ3v) is 5.81. The smallest absolute Gasteiger partial charge is 0.196 e. The van der Waals surface area contributed by atoms with Crippen LogP contribution in [0.3, 0.4) is 0 Å². The summed E-state index contributed by atoms with van der Waals surface area (Å²) in [6, 6.07) is 19.9. The second-order valence-electron chi connectivity index (χ2n) is 6.77. The summed E-state index contributed by atoms with van der Waals surface area (Å²) in [6.07, 6.45) is 2.68. The number of benzene rings is 2. The van der Waals surface area contributed by atoms with Gasteiger partial charge < -0.3 is 9.84 Å². The number of pyridine rings is 1. The van der Waals surface area contributed by atoms with Crippen molar-refractivity contribution in [3.05, 3.63) is 83.6 Å². The van der Waals surface area contributed by atoms with E-state index in [1.54, 1.807) is 36.7 Å². The fourth-order valence-electron chi connectivity index (χ4n) is 2.91. The Morgan fingerprint density at radius 2 is 1.75 bits per heavy atom. The zero-order valence-corrected chi connectivity index (χ0v) is 18.4. The molecule has 4 aromatic rings. The molecule has 2 heterocycles. The Bertz CT molecular complexity index is 1210. The van der Waals surface area contributed by atoms with Crippen LogP contribution >= 0.6 is 23.4 Å². The molecule has 0 saturated carbocycles. The van der Waals surface area contributed by atoms with E-state index in [0.29, 0.717) is 33.1 Å². The minimum atomic E-state index is -0.726. The minimum absolute atomic E-state index is 0.116. The Balaban J connectivity index is 1.48. The minimum Gasteiger partial charge on any atom is -0.491 e. The molecule has 160 valence electrons. The number of nitrogens with zero attached hydrogens (tertiary/aromatic N) is 5. The number of nitriles is 1. The SMILES string of the molecule is N#Cc1ccc(OC[C@H](O)CSc2nnc(-c3ccncc3)n2-c2ccc(Cl)cc2)cc1. The van der Waals surface area contributed by atoms with Gasteiger partial charge in [0.05, 0.1) is 17.7 Å². The number of rotatable bonds is 8. The van der Waals surface area contributed by atoms with Crippen molar-refractivity contribution in [2.45, 2.75) is 11.3 Å². The Morgan fingerprint density at radius 3 is 2.44 bits per heavy atom. The number of aromatic nitrogens is 4. The standard InChI is InChI=1S/C23H18ClN5O2S/c24-18-3-5-19(6-4-18)29-22(17-9-11-26-12-10-17)27-28-23(29)32-15-20(30)14-31-21-7-1-16(13-25)2-8-21/h1-12,20,30H,14-15H2/t20-/m0/s1. The van der Waals surface area contributed by atoms with Crippen molar-refractivity contribution in [1.82, 2.24) is 19.7 Å². The zero-order chi connectivity index (χ0) is 22.3. The quantitative estimate of drug-likeness (QED) is 0.387. The van der Waals surface area contributed by atoms with Crippen LogP contribution in [0.4, 0.5) is 0 Å². The molecule has 0 fully saturated rings. The maximum atomic E-state index is 10.4. The maximum absolute atomic E-state index is 10.4. The third-order valence-electron chi connectivity index (χ3n) is 4.49. The molecule has 4 rings (SSSR count). The number of ether oxygens (including phenoxy) is 1. The molecule has 0 bridgehead atoms. The fourth-order valence-corrected chi connectivity index (χ4v) is 3.89. The highest BCUT2D eigenvalue weighted by Gasteiger charge is 2.18. The van der Waals surface area contributed by atoms with E-state index in [9.17, 15) is 5.11 Å². The lowest BCUT2D eigenvalue weighted by Gasteiger charge is -2.13. The predicted molar refractivity (Wildman–Crippen MR) is 123 cm³/mol. The Kier molecular flexibility index (Phi) is 7.02. The van der Waals surface area contributed by atoms with Crippen LogP contribution in [-0.4, -0.2) is 43.3 Å². The monoisotopic (exact) mass is 463 g/mol. The highest BCUT2D eigenvalue weighted by atomic mass is 35.5. The highest BCUT2D eigenvalue weighted by Crippen LogP contribution is 2.28. The van der Waals surface area contributed by atoms with E-state index in [1.165, 1.54) is 11.8 Å². The number of thioether (sulfide) groups is 1. The van der Waals surface area contributed by atoms with Gasteiger partial charge in [0.2, 0.25) is 0 Å². The molecule has 0 amide bonds. The van der Waals surface area contributed by atoms with E-state index in [4.69, 9.17) is 21.6 Å². The molecule has 0 aliphatic heterocycles. The predicted octanol–water partition coefficient (Wildman–Crippen LogP) is 4.39. The van der Waals surface area contributed by atoms with E-state index in [0.717, 1.165) is 11.3 Å². The molecule has 1 N–H and O–H groups in total. The summed E-state index contributed by atoms with van der Waals surface area (Å²) in [5.74, 6) is 1.62. The highest BCUT2D eigenvalue weighted by molar-refractivity contribution is 7.99. The van der Waals surface area contributed by atoms with E-state index in [1.807, 2.05) is 41.0 Å². The first-order valence-corrected chi connectivity index (χ1v) is 11.1. The van der Waals surface area contributed by atoms with Gasteiger partial charge in [-0.15, -0.1) is 10.2 Å². The molecule has 2 aromatic carbocycles. The van der Waals surface area contributed by atoms with Crippen molar-refractivity contribution in [2.24, 2.45) is 0 Å². The molecule has 1 atom stereocenters. The van der Waals surface area contributed by atoms with Gasteiger partial charge in [-0.1, -0.05) is 23.4 Å². The molecule has 0 aliphatic carbocycles. The van der Waals surface area contributed by atoms with Crippen molar-refractivity contribution >= 4 is 23.4 Å². The first-order valence-electron chi connectivity index (χ1n) is 9.69. The van der Waals surface area contributed by atoms with Gasteiger partial charge in [0.1, 0.15) is 12.4 Å². The summed E-state index contributed by atoms with van der Waals surface area (Å²) in [5, 5.41) is 29.3. The van der Waals surface area contributed by atoms with E-state index >= 15 is 0 Å². The molecule has 2 aromatic heterocycles. The van der Waals surface area contributed by atoms with Gasteiger partial charge in [-0.05, 0) is 60.7 Å². The molecular weight excluding hydrogens is 446 g/mol. The van der Waals surface area contributed by atoms with Crippen molar-refractivity contribution < 1.29 is 9.84 Å². The van der Waals surface area contributed by atoms with Crippen LogP contribution in [0.25, 0.3) is 17.1 Å². The number of aliphatic hydroxyl groups excluding tert-OH is 1. The normalized spacial score (nSPS) is 11.7. The van der Waals surface area contributed by atoms with Crippen molar-refractivity contribution in [1.29, 1.82) is 5.26 Å². The number of aliphatic hydroxyl groups is 1. The van der Waals surface area contributed by atoms with Crippen LogP contribution in [0, 0.1) is 11.3 Å². The lowest BCUT2D eigenvalue weighted by Crippen LogP contribution is -2.20. The lowest BCUT2D eigenvalue weighted by atomic mass is 10.2. The Labute approximate surface area is 194 Å². The second-order valence-corrected chi connectivity index (χ2v) is 8.19. The molecule has 0 saturated heterocycles. The van der Waals surface area contributed by atoms with E-state index in [2.05, 4.69) is 21.3 Å². The second kappa shape index (κ2) is 10.3. The summed E-state index contributed by atoms with van der Waals surface area (Å²) >= 11 is 7.44. The molecule has 7 nitrogen and oxygen atoms in total. The fraction of sp³-hybridized carbons (Fsp3) is 0.130. The summed E-state index contributed by atoms with van der Waals surface area (Å²) in [6.45, 7) is 0.116. The van der Waals surface area contributed by atoms with Crippen LogP contribution in [0.15, 0.2) is 78.2 Å². The van der Waals surface area contributed by atoms with Gasteiger partial charge >= 0.3 is 0 Å². The molecular formula is C23H18ClN5O2S. The topological polar surface area (TPSA) is 96.8 Å². The number of hydrogen-bond acceptors (Lipinski definition) is 7. The van der Waals surface area contributed by atoms with Crippen LogP contribution in [-0.2, 0) is 0 Å². The van der Waals surface area contributed by atoms with Gasteiger partial charge in [-0.2, -0.15) is 5.26 Å². The maximum Gasteiger partial charge on any atom is 0.196 e. The average molecular weight is 464 g/mol. The Morgan fingerprint density at radius 1 is 1.03 bits per heavy atom. The summed E-state index contributed by atoms with van der Waals surface area (Å²) in [4.78, 5) is 4.06. The van der Waals surface area contributed by atoms with Gasteiger partial charge in [0.15, 0.2) is 11.0 Å². The van der Waals surface area contributed by atoms with Gasteiger partial charge in [0.25, 0.3) is 0 Å². The lowest BCUT2D eigenvalue weighted by molar-refractivity contribution is 0.126. The molecule has 0 aliphatic rings. The van der Waals surface area contributed by atoms with Crippen LogP contribution in [0.1, 0.15) is 5.56 Å². The first kappa shape index (κ1) is 21.8. The number of halogens is 1. The molecule has 32 heavy (non-hydrogen) atoms. The molecule has 0 radical (unpaired) electrons. The number of hydrogen-bond donors (Lipinski definition) is 1. The van der Waals surface area contributed by atoms with Gasteiger partial charge in [-0.3, -0.25) is 9.55 Å². The first-order chi connectivity index (χ1) is 15.6. The summed E-state index contributed by atoms with van der Waals surface area (Å²) in [7, 11) is 0.